The van der Waals surface area contributed by atoms with Crippen LogP contribution in [0.2, 0.25) is 0 Å². The summed E-state index contributed by atoms with van der Waals surface area (Å²) in [5, 5.41) is 2.54. The SMILES string of the molecule is O=C(Nc1ccccc1)[C@@H]1CCS(=O)(=O)[C@@H]2CN(CCc3ccccc3)C[C@@H]21. The summed E-state index contributed by atoms with van der Waals surface area (Å²) >= 11 is 0. The second kappa shape index (κ2) is 8.05. The molecule has 0 aromatic heterocycles. The third-order valence-electron chi connectivity index (χ3n) is 6.01. The number of carbonyl (C=O) groups is 1. The smallest absolute Gasteiger partial charge is 0.227 e. The number of amides is 1. The molecule has 0 radical (unpaired) electrons. The van der Waals surface area contributed by atoms with Crippen LogP contribution < -0.4 is 5.32 Å². The third-order valence-corrected chi connectivity index (χ3v) is 8.24. The summed E-state index contributed by atoms with van der Waals surface area (Å²) in [5.41, 5.74) is 2.01. The molecule has 2 heterocycles. The first-order valence-electron chi connectivity index (χ1n) is 9.87. The van der Waals surface area contributed by atoms with Crippen molar-refractivity contribution in [3.63, 3.8) is 0 Å². The molecule has 28 heavy (non-hydrogen) atoms. The van der Waals surface area contributed by atoms with E-state index in [0.717, 1.165) is 18.7 Å². The Kier molecular flexibility index (Phi) is 5.51. The lowest BCUT2D eigenvalue weighted by Gasteiger charge is -2.31. The molecule has 0 bridgehead atoms. The van der Waals surface area contributed by atoms with Crippen molar-refractivity contribution < 1.29 is 13.2 Å². The van der Waals surface area contributed by atoms with Crippen molar-refractivity contribution >= 4 is 21.4 Å². The summed E-state index contributed by atoms with van der Waals surface area (Å²) in [6.45, 7) is 2.03. The molecule has 3 atom stereocenters. The number of para-hydroxylation sites is 1. The van der Waals surface area contributed by atoms with E-state index in [1.165, 1.54) is 5.56 Å². The predicted octanol–water partition coefficient (Wildman–Crippen LogP) is 2.60. The molecule has 1 amide bonds. The van der Waals surface area contributed by atoms with E-state index in [4.69, 9.17) is 0 Å². The van der Waals surface area contributed by atoms with Crippen molar-refractivity contribution in [1.82, 2.24) is 4.90 Å². The van der Waals surface area contributed by atoms with E-state index in [2.05, 4.69) is 22.3 Å². The Morgan fingerprint density at radius 3 is 2.39 bits per heavy atom. The second-order valence-corrected chi connectivity index (χ2v) is 10.2. The van der Waals surface area contributed by atoms with Crippen LogP contribution >= 0.6 is 0 Å². The Labute approximate surface area is 166 Å². The molecule has 0 aliphatic carbocycles. The van der Waals surface area contributed by atoms with Gasteiger partial charge in [0.2, 0.25) is 5.91 Å². The lowest BCUT2D eigenvalue weighted by atomic mass is 9.87. The maximum atomic E-state index is 12.9. The van der Waals surface area contributed by atoms with Gasteiger partial charge in [0.25, 0.3) is 0 Å². The van der Waals surface area contributed by atoms with Gasteiger partial charge in [-0.1, -0.05) is 48.5 Å². The van der Waals surface area contributed by atoms with Gasteiger partial charge in [-0.3, -0.25) is 4.79 Å². The monoisotopic (exact) mass is 398 g/mol. The summed E-state index contributed by atoms with van der Waals surface area (Å²) in [6.07, 6.45) is 1.30. The number of benzene rings is 2. The van der Waals surface area contributed by atoms with E-state index >= 15 is 0 Å². The number of carbonyl (C=O) groups excluding carboxylic acids is 1. The molecule has 4 rings (SSSR count). The van der Waals surface area contributed by atoms with Gasteiger partial charge in [-0.05, 0) is 30.5 Å². The largest absolute Gasteiger partial charge is 0.326 e. The number of hydrogen-bond acceptors (Lipinski definition) is 4. The van der Waals surface area contributed by atoms with Crippen molar-refractivity contribution in [3.8, 4) is 0 Å². The Hall–Kier alpha value is -2.18. The maximum absolute atomic E-state index is 12.9. The molecule has 2 fully saturated rings. The maximum Gasteiger partial charge on any atom is 0.227 e. The van der Waals surface area contributed by atoms with E-state index in [9.17, 15) is 13.2 Å². The van der Waals surface area contributed by atoms with Gasteiger partial charge in [-0.25, -0.2) is 8.42 Å². The van der Waals surface area contributed by atoms with Crippen molar-refractivity contribution in [2.75, 3.05) is 30.7 Å². The van der Waals surface area contributed by atoms with Crippen molar-refractivity contribution in [2.24, 2.45) is 11.8 Å². The summed E-state index contributed by atoms with van der Waals surface area (Å²) in [7, 11) is -3.14. The fourth-order valence-electron chi connectivity index (χ4n) is 4.50. The van der Waals surface area contributed by atoms with Crippen LogP contribution in [-0.2, 0) is 21.1 Å². The van der Waals surface area contributed by atoms with Gasteiger partial charge in [-0.15, -0.1) is 0 Å². The molecule has 0 unspecified atom stereocenters. The number of sulfone groups is 1. The average Bonchev–Trinajstić information content (AvgIpc) is 3.14. The van der Waals surface area contributed by atoms with Crippen LogP contribution in [0.25, 0.3) is 0 Å². The minimum atomic E-state index is -3.14. The Morgan fingerprint density at radius 2 is 1.68 bits per heavy atom. The van der Waals surface area contributed by atoms with Gasteiger partial charge < -0.3 is 10.2 Å². The number of fused-ring (bicyclic) bond motifs is 1. The van der Waals surface area contributed by atoms with E-state index in [0.29, 0.717) is 19.5 Å². The van der Waals surface area contributed by atoms with Crippen LogP contribution in [0.5, 0.6) is 0 Å². The molecular weight excluding hydrogens is 372 g/mol. The number of nitrogens with zero attached hydrogens (tertiary/aromatic N) is 1. The van der Waals surface area contributed by atoms with Crippen LogP contribution in [0, 0.1) is 11.8 Å². The summed E-state index contributed by atoms with van der Waals surface area (Å²) in [4.78, 5) is 15.1. The Balaban J connectivity index is 1.45. The number of likely N-dealkylation sites (tertiary alicyclic amines) is 1. The molecular formula is C22H26N2O3S. The van der Waals surface area contributed by atoms with Crippen molar-refractivity contribution in [3.05, 3.63) is 66.2 Å². The fourth-order valence-corrected chi connectivity index (χ4v) is 6.63. The zero-order valence-corrected chi connectivity index (χ0v) is 16.6. The molecule has 5 nitrogen and oxygen atoms in total. The standard InChI is InChI=1S/C22H26N2O3S/c25-22(23-18-9-5-2-6-10-18)19-12-14-28(26,27)21-16-24(15-20(19)21)13-11-17-7-3-1-4-8-17/h1-10,19-21H,11-16H2,(H,23,25)/t19-,20-,21-/m1/s1. The molecule has 2 aliphatic rings. The number of nitrogens with one attached hydrogen (secondary N) is 1. The molecule has 2 aromatic carbocycles. The highest BCUT2D eigenvalue weighted by Crippen LogP contribution is 2.37. The average molecular weight is 399 g/mol. The van der Waals surface area contributed by atoms with Crippen LogP contribution in [-0.4, -0.2) is 49.9 Å². The first-order valence-corrected chi connectivity index (χ1v) is 11.6. The van der Waals surface area contributed by atoms with E-state index in [1.807, 2.05) is 48.5 Å². The molecule has 6 heteroatoms. The minimum Gasteiger partial charge on any atom is -0.326 e. The van der Waals surface area contributed by atoms with Crippen LogP contribution in [0.15, 0.2) is 60.7 Å². The molecule has 2 saturated heterocycles. The van der Waals surface area contributed by atoms with Crippen molar-refractivity contribution in [1.29, 1.82) is 0 Å². The molecule has 148 valence electrons. The van der Waals surface area contributed by atoms with Crippen molar-refractivity contribution in [2.45, 2.75) is 18.1 Å². The molecule has 1 N–H and O–H groups in total. The van der Waals surface area contributed by atoms with Gasteiger partial charge >= 0.3 is 0 Å². The van der Waals surface area contributed by atoms with Gasteiger partial charge in [0.1, 0.15) is 0 Å². The van der Waals surface area contributed by atoms with Crippen LogP contribution in [0.1, 0.15) is 12.0 Å². The number of hydrogen-bond donors (Lipinski definition) is 1. The number of rotatable bonds is 5. The number of anilines is 1. The molecule has 2 aliphatic heterocycles. The van der Waals surface area contributed by atoms with E-state index < -0.39 is 15.1 Å². The summed E-state index contributed by atoms with van der Waals surface area (Å²) in [6, 6.07) is 19.6. The lowest BCUT2D eigenvalue weighted by Crippen LogP contribution is -2.45. The second-order valence-electron chi connectivity index (χ2n) is 7.81. The van der Waals surface area contributed by atoms with Gasteiger partial charge in [0, 0.05) is 37.2 Å². The first-order chi connectivity index (χ1) is 13.5. The summed E-state index contributed by atoms with van der Waals surface area (Å²) < 4.78 is 25.3. The lowest BCUT2D eigenvalue weighted by molar-refractivity contribution is -0.121. The predicted molar refractivity (Wildman–Crippen MR) is 111 cm³/mol. The third kappa shape index (κ3) is 4.13. The quantitative estimate of drug-likeness (QED) is 0.841. The zero-order chi connectivity index (χ0) is 19.6. The Morgan fingerprint density at radius 1 is 1.00 bits per heavy atom. The van der Waals surface area contributed by atoms with Gasteiger partial charge in [0.05, 0.1) is 11.0 Å². The molecule has 0 saturated carbocycles. The summed E-state index contributed by atoms with van der Waals surface area (Å²) in [5.74, 6) is -0.331. The topological polar surface area (TPSA) is 66.5 Å². The fraction of sp³-hybridized carbons (Fsp3) is 0.409. The molecule has 2 aromatic rings. The highest BCUT2D eigenvalue weighted by molar-refractivity contribution is 7.92. The van der Waals surface area contributed by atoms with E-state index in [1.54, 1.807) is 0 Å². The molecule has 0 spiro atoms. The zero-order valence-electron chi connectivity index (χ0n) is 15.8. The van der Waals surface area contributed by atoms with Crippen LogP contribution in [0.4, 0.5) is 5.69 Å². The van der Waals surface area contributed by atoms with Gasteiger partial charge in [0.15, 0.2) is 9.84 Å². The first kappa shape index (κ1) is 19.2. The highest BCUT2D eigenvalue weighted by atomic mass is 32.2. The Bertz CT molecular complexity index is 915. The highest BCUT2D eigenvalue weighted by Gasteiger charge is 2.50. The van der Waals surface area contributed by atoms with Gasteiger partial charge in [-0.2, -0.15) is 0 Å². The van der Waals surface area contributed by atoms with Crippen LogP contribution in [0.3, 0.4) is 0 Å². The van der Waals surface area contributed by atoms with E-state index in [-0.39, 0.29) is 23.5 Å². The normalized spacial score (nSPS) is 26.5. The minimum absolute atomic E-state index is 0.0546.